The molecule has 1 amide bonds. The van der Waals surface area contributed by atoms with Crippen LogP contribution in [0.15, 0.2) is 30.3 Å². The predicted octanol–water partition coefficient (Wildman–Crippen LogP) is 1.55. The molecule has 0 aromatic heterocycles. The Kier molecular flexibility index (Phi) is 3.91. The Hall–Kier alpha value is -1.88. The average Bonchev–Trinajstić information content (AvgIpc) is 2.76. The van der Waals surface area contributed by atoms with Crippen molar-refractivity contribution in [2.45, 2.75) is 30.7 Å². The summed E-state index contributed by atoms with van der Waals surface area (Å²) in [6.07, 6.45) is 2.55. The van der Waals surface area contributed by atoms with E-state index in [2.05, 4.69) is 0 Å². The molecular weight excluding hydrogens is 280 g/mol. The molecule has 2 saturated heterocycles. The average molecular weight is 302 g/mol. The lowest BCUT2D eigenvalue weighted by Crippen LogP contribution is -2.52. The van der Waals surface area contributed by atoms with E-state index in [0.29, 0.717) is 0 Å². The molecule has 1 atom stereocenters. The number of hydrogen-bond donors (Lipinski definition) is 1. The minimum absolute atomic E-state index is 0.0581. The Morgan fingerprint density at radius 3 is 2.50 bits per heavy atom. The maximum absolute atomic E-state index is 12.7. The minimum atomic E-state index is -0.783. The Morgan fingerprint density at radius 1 is 1.27 bits per heavy atom. The number of piperidine rings is 1. The molecule has 0 aliphatic carbocycles. The van der Waals surface area contributed by atoms with Gasteiger partial charge in [-0.25, -0.2) is 0 Å². The molecule has 1 aromatic rings. The summed E-state index contributed by atoms with van der Waals surface area (Å²) in [6, 6.07) is 9.96. The van der Waals surface area contributed by atoms with Crippen molar-refractivity contribution >= 4 is 11.9 Å². The molecule has 0 saturated carbocycles. The summed E-state index contributed by atoms with van der Waals surface area (Å²) < 4.78 is 0. The highest BCUT2D eigenvalue weighted by molar-refractivity contribution is 5.87. The van der Waals surface area contributed by atoms with E-state index in [1.165, 1.54) is 0 Å². The predicted molar refractivity (Wildman–Crippen MR) is 82.6 cm³/mol. The van der Waals surface area contributed by atoms with E-state index in [0.717, 1.165) is 37.9 Å². The molecule has 5 nitrogen and oxygen atoms in total. The van der Waals surface area contributed by atoms with Crippen LogP contribution in [0, 0.1) is 0 Å². The molecule has 22 heavy (non-hydrogen) atoms. The van der Waals surface area contributed by atoms with E-state index >= 15 is 0 Å². The molecule has 1 aromatic carbocycles. The number of benzene rings is 1. The summed E-state index contributed by atoms with van der Waals surface area (Å²) >= 11 is 0. The SMILES string of the molecule is CN1C(=O)C(c2ccccc2)CC12CCN(CC(=O)O)CC2. The molecule has 1 spiro atoms. The van der Waals surface area contributed by atoms with Crippen LogP contribution in [0.4, 0.5) is 0 Å². The molecule has 0 radical (unpaired) electrons. The van der Waals surface area contributed by atoms with Crippen LogP contribution in [0.5, 0.6) is 0 Å². The summed E-state index contributed by atoms with van der Waals surface area (Å²) in [5.41, 5.74) is 0.983. The third kappa shape index (κ3) is 2.61. The third-order valence-corrected chi connectivity index (χ3v) is 5.27. The van der Waals surface area contributed by atoms with Gasteiger partial charge in [0.05, 0.1) is 12.5 Å². The molecule has 2 heterocycles. The lowest BCUT2D eigenvalue weighted by atomic mass is 9.81. The quantitative estimate of drug-likeness (QED) is 0.920. The zero-order valence-corrected chi connectivity index (χ0v) is 12.9. The number of carbonyl (C=O) groups is 2. The van der Waals surface area contributed by atoms with Gasteiger partial charge in [0.2, 0.25) is 5.91 Å². The second-order valence-electron chi connectivity index (χ2n) is 6.46. The van der Waals surface area contributed by atoms with E-state index in [1.54, 1.807) is 0 Å². The van der Waals surface area contributed by atoms with Gasteiger partial charge < -0.3 is 10.0 Å². The molecule has 1 N–H and O–H groups in total. The Labute approximate surface area is 130 Å². The van der Waals surface area contributed by atoms with Crippen molar-refractivity contribution in [1.29, 1.82) is 0 Å². The molecule has 0 bridgehead atoms. The fourth-order valence-electron chi connectivity index (χ4n) is 3.88. The first-order valence-electron chi connectivity index (χ1n) is 7.79. The minimum Gasteiger partial charge on any atom is -0.480 e. The zero-order chi connectivity index (χ0) is 15.7. The van der Waals surface area contributed by atoms with E-state index < -0.39 is 5.97 Å². The number of carbonyl (C=O) groups excluding carboxylic acids is 1. The standard InChI is InChI=1S/C17H22N2O3/c1-18-16(22)14(13-5-3-2-4-6-13)11-17(18)7-9-19(10-8-17)12-15(20)21/h2-6,14H,7-12H2,1H3,(H,20,21). The fourth-order valence-corrected chi connectivity index (χ4v) is 3.88. The van der Waals surface area contributed by atoms with Gasteiger partial charge in [-0.1, -0.05) is 30.3 Å². The number of carboxylic acids is 1. The molecule has 118 valence electrons. The van der Waals surface area contributed by atoms with Gasteiger partial charge in [0.25, 0.3) is 0 Å². The molecule has 3 rings (SSSR count). The van der Waals surface area contributed by atoms with Crippen molar-refractivity contribution in [3.63, 3.8) is 0 Å². The third-order valence-electron chi connectivity index (χ3n) is 5.27. The molecular formula is C17H22N2O3. The van der Waals surface area contributed by atoms with Crippen LogP contribution >= 0.6 is 0 Å². The Balaban J connectivity index is 1.73. The zero-order valence-electron chi connectivity index (χ0n) is 12.9. The summed E-state index contributed by atoms with van der Waals surface area (Å²) in [7, 11) is 1.90. The molecule has 5 heteroatoms. The number of carboxylic acid groups (broad SMARTS) is 1. The summed E-state index contributed by atoms with van der Waals surface area (Å²) in [4.78, 5) is 27.4. The van der Waals surface area contributed by atoms with Crippen molar-refractivity contribution in [3.8, 4) is 0 Å². The van der Waals surface area contributed by atoms with E-state index in [1.807, 2.05) is 47.2 Å². The lowest BCUT2D eigenvalue weighted by molar-refractivity contribution is -0.140. The molecule has 1 unspecified atom stereocenters. The van der Waals surface area contributed by atoms with E-state index in [4.69, 9.17) is 5.11 Å². The van der Waals surface area contributed by atoms with E-state index in [9.17, 15) is 9.59 Å². The first-order valence-corrected chi connectivity index (χ1v) is 7.79. The highest BCUT2D eigenvalue weighted by Crippen LogP contribution is 2.44. The number of nitrogens with zero attached hydrogens (tertiary/aromatic N) is 2. The maximum atomic E-state index is 12.7. The van der Waals surface area contributed by atoms with Crippen LogP contribution in [0.25, 0.3) is 0 Å². The van der Waals surface area contributed by atoms with E-state index in [-0.39, 0.29) is 23.9 Å². The van der Waals surface area contributed by atoms with Crippen molar-refractivity contribution in [2.24, 2.45) is 0 Å². The smallest absolute Gasteiger partial charge is 0.317 e. The topological polar surface area (TPSA) is 60.9 Å². The Morgan fingerprint density at radius 2 is 1.91 bits per heavy atom. The van der Waals surface area contributed by atoms with Gasteiger partial charge >= 0.3 is 5.97 Å². The maximum Gasteiger partial charge on any atom is 0.317 e. The largest absolute Gasteiger partial charge is 0.480 e. The highest BCUT2D eigenvalue weighted by Gasteiger charge is 2.50. The first-order chi connectivity index (χ1) is 10.5. The van der Waals surface area contributed by atoms with Gasteiger partial charge in [-0.05, 0) is 24.8 Å². The van der Waals surface area contributed by atoms with Crippen LogP contribution in [0.1, 0.15) is 30.7 Å². The van der Waals surface area contributed by atoms with Gasteiger partial charge in [-0.15, -0.1) is 0 Å². The van der Waals surface area contributed by atoms with Gasteiger partial charge in [0, 0.05) is 25.7 Å². The van der Waals surface area contributed by atoms with Crippen LogP contribution < -0.4 is 0 Å². The second kappa shape index (κ2) is 5.72. The van der Waals surface area contributed by atoms with Crippen molar-refractivity contribution in [2.75, 3.05) is 26.7 Å². The highest BCUT2D eigenvalue weighted by atomic mass is 16.4. The summed E-state index contributed by atoms with van der Waals surface area (Å²) in [5.74, 6) is -0.649. The summed E-state index contributed by atoms with van der Waals surface area (Å²) in [5, 5.41) is 8.90. The fraction of sp³-hybridized carbons (Fsp3) is 0.529. The number of likely N-dealkylation sites (N-methyl/N-ethyl adjacent to an activating group) is 1. The normalized spacial score (nSPS) is 24.9. The van der Waals surface area contributed by atoms with Gasteiger partial charge in [0.1, 0.15) is 0 Å². The summed E-state index contributed by atoms with van der Waals surface area (Å²) in [6.45, 7) is 1.58. The first kappa shape index (κ1) is 15.0. The monoisotopic (exact) mass is 302 g/mol. The number of rotatable bonds is 3. The number of amides is 1. The number of likely N-dealkylation sites (tertiary alicyclic amines) is 2. The van der Waals surface area contributed by atoms with Crippen molar-refractivity contribution in [3.05, 3.63) is 35.9 Å². The lowest BCUT2D eigenvalue weighted by Gasteiger charge is -2.43. The van der Waals surface area contributed by atoms with Crippen LogP contribution in [0.2, 0.25) is 0 Å². The molecule has 2 aliphatic rings. The molecule has 2 aliphatic heterocycles. The van der Waals surface area contributed by atoms with Crippen molar-refractivity contribution in [1.82, 2.24) is 9.80 Å². The van der Waals surface area contributed by atoms with Crippen LogP contribution in [-0.4, -0.2) is 59.0 Å². The number of hydrogen-bond acceptors (Lipinski definition) is 3. The van der Waals surface area contributed by atoms with Gasteiger partial charge in [-0.3, -0.25) is 14.5 Å². The number of aliphatic carboxylic acids is 1. The molecule has 2 fully saturated rings. The Bertz CT molecular complexity index is 565. The van der Waals surface area contributed by atoms with Crippen molar-refractivity contribution < 1.29 is 14.7 Å². The van der Waals surface area contributed by atoms with Crippen LogP contribution in [-0.2, 0) is 9.59 Å². The van der Waals surface area contributed by atoms with Crippen LogP contribution in [0.3, 0.4) is 0 Å². The van der Waals surface area contributed by atoms with Gasteiger partial charge in [0.15, 0.2) is 0 Å². The van der Waals surface area contributed by atoms with Gasteiger partial charge in [-0.2, -0.15) is 0 Å². The second-order valence-corrected chi connectivity index (χ2v) is 6.46.